The van der Waals surface area contributed by atoms with E-state index in [9.17, 15) is 14.9 Å². The average molecular weight is 471 g/mol. The number of rotatable bonds is 5. The molecule has 1 amide bonds. The first-order valence-electron chi connectivity index (χ1n) is 12.5. The van der Waals surface area contributed by atoms with E-state index in [1.54, 1.807) is 12.1 Å². The number of nitro benzene ring substituents is 1. The molecule has 1 heterocycles. The molecule has 4 saturated carbocycles. The van der Waals surface area contributed by atoms with E-state index in [2.05, 4.69) is 17.6 Å². The van der Waals surface area contributed by atoms with Crippen LogP contribution in [0.25, 0.3) is 0 Å². The molecule has 8 heteroatoms. The lowest BCUT2D eigenvalue weighted by molar-refractivity contribution is -0.384. The first-order chi connectivity index (χ1) is 15.8. The van der Waals surface area contributed by atoms with Crippen LogP contribution in [0.4, 0.5) is 11.4 Å². The van der Waals surface area contributed by atoms with Gasteiger partial charge in [0.05, 0.1) is 4.92 Å². The number of hydrogen-bond donors (Lipinski definition) is 2. The van der Waals surface area contributed by atoms with E-state index in [1.165, 1.54) is 44.6 Å². The minimum absolute atomic E-state index is 0.0228. The van der Waals surface area contributed by atoms with Crippen molar-refractivity contribution in [3.8, 4) is 0 Å². The second-order valence-corrected chi connectivity index (χ2v) is 11.3. The number of carbonyl (C=O) groups excluding carboxylic acids is 1. The zero-order valence-electron chi connectivity index (χ0n) is 19.3. The minimum atomic E-state index is -0.404. The van der Waals surface area contributed by atoms with Gasteiger partial charge in [0.1, 0.15) is 5.69 Å². The van der Waals surface area contributed by atoms with Crippen LogP contribution in [-0.2, 0) is 0 Å². The standard InChI is InChI=1S/C25H34N4O3S/c1-16(25-13-17-9-18(14-25)11-19(10-17)15-25)26-24(33)27-23(30)20-5-6-21(22(12-20)29(31)32)28-7-3-2-4-8-28/h5-6,12,16-19H,2-4,7-11,13-15H2,1H3,(H2,26,27,30,33). The third kappa shape index (κ3) is 4.46. The van der Waals surface area contributed by atoms with Gasteiger partial charge in [0.2, 0.25) is 0 Å². The maximum Gasteiger partial charge on any atom is 0.293 e. The van der Waals surface area contributed by atoms with Crippen LogP contribution in [0.1, 0.15) is 75.1 Å². The average Bonchev–Trinajstić information content (AvgIpc) is 2.78. The summed E-state index contributed by atoms with van der Waals surface area (Å²) in [6, 6.07) is 4.95. The molecule has 1 unspecified atom stereocenters. The lowest BCUT2D eigenvalue weighted by Gasteiger charge is -2.59. The minimum Gasteiger partial charge on any atom is -0.366 e. The highest BCUT2D eigenvalue weighted by Crippen LogP contribution is 2.61. The molecule has 4 aliphatic carbocycles. The fourth-order valence-corrected chi connectivity index (χ4v) is 7.75. The van der Waals surface area contributed by atoms with Gasteiger partial charge in [-0.2, -0.15) is 0 Å². The molecule has 5 fully saturated rings. The summed E-state index contributed by atoms with van der Waals surface area (Å²) < 4.78 is 0. The van der Waals surface area contributed by atoms with Crippen LogP contribution in [0.15, 0.2) is 18.2 Å². The second kappa shape index (κ2) is 8.85. The van der Waals surface area contributed by atoms with Crippen LogP contribution < -0.4 is 15.5 Å². The molecule has 1 aromatic rings. The van der Waals surface area contributed by atoms with Crippen molar-refractivity contribution in [2.45, 2.75) is 70.8 Å². The number of anilines is 1. The van der Waals surface area contributed by atoms with Crippen LogP contribution >= 0.6 is 12.2 Å². The van der Waals surface area contributed by atoms with E-state index in [0.29, 0.717) is 10.8 Å². The van der Waals surface area contributed by atoms with E-state index >= 15 is 0 Å². The second-order valence-electron chi connectivity index (χ2n) is 10.9. The van der Waals surface area contributed by atoms with Gasteiger partial charge in [-0.05, 0) is 112 Å². The molecule has 1 saturated heterocycles. The van der Waals surface area contributed by atoms with Crippen LogP contribution in [0, 0.1) is 33.3 Å². The number of carbonyl (C=O) groups is 1. The highest BCUT2D eigenvalue weighted by atomic mass is 32.1. The number of nitrogens with zero attached hydrogens (tertiary/aromatic N) is 2. The Morgan fingerprint density at radius 1 is 1.12 bits per heavy atom. The van der Waals surface area contributed by atoms with Gasteiger partial charge in [-0.25, -0.2) is 0 Å². The number of amides is 1. The predicted octanol–water partition coefficient (Wildman–Crippen LogP) is 4.79. The Morgan fingerprint density at radius 3 is 2.30 bits per heavy atom. The molecule has 4 bridgehead atoms. The number of nitrogens with one attached hydrogen (secondary N) is 2. The molecular formula is C25H34N4O3S. The van der Waals surface area contributed by atoms with Gasteiger partial charge in [0.25, 0.3) is 11.6 Å². The third-order valence-corrected chi connectivity index (χ3v) is 8.93. The van der Waals surface area contributed by atoms with E-state index < -0.39 is 10.8 Å². The van der Waals surface area contributed by atoms with Gasteiger partial charge in [0.15, 0.2) is 5.11 Å². The molecule has 6 rings (SSSR count). The van der Waals surface area contributed by atoms with Gasteiger partial charge < -0.3 is 10.2 Å². The molecule has 178 valence electrons. The fraction of sp³-hybridized carbons (Fsp3) is 0.680. The molecule has 0 aromatic heterocycles. The number of nitro groups is 1. The fourth-order valence-electron chi connectivity index (χ4n) is 7.48. The zero-order chi connectivity index (χ0) is 23.2. The SMILES string of the molecule is CC(NC(=S)NC(=O)c1ccc(N2CCCCC2)c([N+](=O)[O-])c1)C12CC3CC(CC(C3)C1)C2. The molecule has 0 radical (unpaired) electrons. The lowest BCUT2D eigenvalue weighted by atomic mass is 9.48. The summed E-state index contributed by atoms with van der Waals surface area (Å²) >= 11 is 5.49. The summed E-state index contributed by atoms with van der Waals surface area (Å²) in [5, 5.41) is 18.2. The number of thiocarbonyl (C=S) groups is 1. The molecule has 5 aliphatic rings. The first-order valence-corrected chi connectivity index (χ1v) is 12.9. The Hall–Kier alpha value is -2.22. The van der Waals surface area contributed by atoms with Crippen molar-refractivity contribution in [3.63, 3.8) is 0 Å². The van der Waals surface area contributed by atoms with Crippen molar-refractivity contribution in [2.75, 3.05) is 18.0 Å². The van der Waals surface area contributed by atoms with Crippen molar-refractivity contribution < 1.29 is 9.72 Å². The maximum atomic E-state index is 12.9. The molecular weight excluding hydrogens is 436 g/mol. The number of hydrogen-bond acceptors (Lipinski definition) is 5. The molecule has 2 N–H and O–H groups in total. The summed E-state index contributed by atoms with van der Waals surface area (Å²) in [4.78, 5) is 26.2. The van der Waals surface area contributed by atoms with Crippen LogP contribution in [0.3, 0.4) is 0 Å². The van der Waals surface area contributed by atoms with Crippen molar-refractivity contribution in [2.24, 2.45) is 23.2 Å². The molecule has 0 spiro atoms. The van der Waals surface area contributed by atoms with Gasteiger partial charge in [0, 0.05) is 30.8 Å². The van der Waals surface area contributed by atoms with Crippen LogP contribution in [0.2, 0.25) is 0 Å². The smallest absolute Gasteiger partial charge is 0.293 e. The molecule has 33 heavy (non-hydrogen) atoms. The Balaban J connectivity index is 1.24. The predicted molar refractivity (Wildman–Crippen MR) is 132 cm³/mol. The molecule has 7 nitrogen and oxygen atoms in total. The van der Waals surface area contributed by atoms with E-state index in [1.807, 2.05) is 4.90 Å². The van der Waals surface area contributed by atoms with Gasteiger partial charge in [-0.1, -0.05) is 0 Å². The van der Waals surface area contributed by atoms with Gasteiger partial charge in [-0.3, -0.25) is 20.2 Å². The van der Waals surface area contributed by atoms with E-state index in [-0.39, 0.29) is 22.7 Å². The lowest BCUT2D eigenvalue weighted by Crippen LogP contribution is -2.57. The first kappa shape index (κ1) is 22.6. The highest BCUT2D eigenvalue weighted by Gasteiger charge is 2.53. The van der Waals surface area contributed by atoms with Crippen molar-refractivity contribution in [3.05, 3.63) is 33.9 Å². The normalized spacial score (nSPS) is 31.2. The van der Waals surface area contributed by atoms with Gasteiger partial charge in [-0.15, -0.1) is 0 Å². The third-order valence-electron chi connectivity index (χ3n) is 8.71. The highest BCUT2D eigenvalue weighted by molar-refractivity contribution is 7.80. The summed E-state index contributed by atoms with van der Waals surface area (Å²) in [6.45, 7) is 3.81. The Bertz CT molecular complexity index is 924. The topological polar surface area (TPSA) is 87.5 Å². The molecule has 1 atom stereocenters. The van der Waals surface area contributed by atoms with Crippen LogP contribution in [0.5, 0.6) is 0 Å². The van der Waals surface area contributed by atoms with E-state index in [4.69, 9.17) is 12.2 Å². The van der Waals surface area contributed by atoms with Gasteiger partial charge >= 0.3 is 0 Å². The summed E-state index contributed by atoms with van der Waals surface area (Å²) in [5.74, 6) is 2.14. The summed E-state index contributed by atoms with van der Waals surface area (Å²) in [5.41, 5.74) is 1.10. The number of piperidine rings is 1. The molecule has 1 aliphatic heterocycles. The Morgan fingerprint density at radius 2 is 1.73 bits per heavy atom. The largest absolute Gasteiger partial charge is 0.366 e. The maximum absolute atomic E-state index is 12.9. The Labute approximate surface area is 200 Å². The van der Waals surface area contributed by atoms with Crippen molar-refractivity contribution >= 4 is 34.6 Å². The van der Waals surface area contributed by atoms with Crippen molar-refractivity contribution in [1.29, 1.82) is 0 Å². The monoisotopic (exact) mass is 470 g/mol. The zero-order valence-corrected chi connectivity index (χ0v) is 20.2. The van der Waals surface area contributed by atoms with Crippen molar-refractivity contribution in [1.82, 2.24) is 10.6 Å². The Kier molecular flexibility index (Phi) is 6.05. The summed E-state index contributed by atoms with van der Waals surface area (Å²) in [7, 11) is 0. The quantitative estimate of drug-likeness (QED) is 0.365. The molecule has 1 aromatic carbocycles. The van der Waals surface area contributed by atoms with Crippen LogP contribution in [-0.4, -0.2) is 35.1 Å². The summed E-state index contributed by atoms with van der Waals surface area (Å²) in [6.07, 6.45) is 11.1. The number of benzene rings is 1. The van der Waals surface area contributed by atoms with E-state index in [0.717, 1.165) is 50.1 Å².